The number of carbonyl (C=O) groups is 4. The van der Waals surface area contributed by atoms with Gasteiger partial charge < -0.3 is 24.6 Å². The van der Waals surface area contributed by atoms with Crippen LogP contribution in [0.5, 0.6) is 11.5 Å². The number of methoxy groups -OCH3 is 1. The zero-order valence-corrected chi connectivity index (χ0v) is 34.1. The predicted molar refractivity (Wildman–Crippen MR) is 218 cm³/mol. The molecule has 310 valence electrons. The van der Waals surface area contributed by atoms with Gasteiger partial charge in [-0.2, -0.15) is 0 Å². The lowest BCUT2D eigenvalue weighted by Gasteiger charge is -2.31. The number of amides is 4. The molecule has 4 heterocycles. The Labute approximate surface area is 340 Å². The summed E-state index contributed by atoms with van der Waals surface area (Å²) in [4.78, 5) is 65.4. The number of fused-ring (bicyclic) bond motifs is 3. The molecule has 2 saturated carbocycles. The molecule has 13 nitrogen and oxygen atoms in total. The minimum Gasteiger partial charge on any atom is -0.497 e. The molecule has 0 bridgehead atoms. The van der Waals surface area contributed by atoms with Crippen LogP contribution in [0.25, 0.3) is 22.2 Å². The van der Waals surface area contributed by atoms with Gasteiger partial charge in [-0.25, -0.2) is 13.4 Å². The first-order valence-electron chi connectivity index (χ1n) is 21.2. The Morgan fingerprint density at radius 3 is 2.38 bits per heavy atom. The Morgan fingerprint density at radius 1 is 0.914 bits per heavy atom. The number of rotatable bonds is 9. The third-order valence-electron chi connectivity index (χ3n) is 12.8. The molecule has 5 atom stereocenters. The number of carbonyl (C=O) groups excluding carboxylic acids is 4. The van der Waals surface area contributed by atoms with Crippen molar-refractivity contribution in [2.45, 2.75) is 119 Å². The van der Waals surface area contributed by atoms with E-state index in [0.29, 0.717) is 67.9 Å². The Kier molecular flexibility index (Phi) is 11.7. The largest absolute Gasteiger partial charge is 0.497 e. The normalized spacial score (nSPS) is 27.1. The van der Waals surface area contributed by atoms with Crippen LogP contribution in [0.1, 0.15) is 96.3 Å². The smallest absolute Gasteiger partial charge is 0.259 e. The van der Waals surface area contributed by atoms with Gasteiger partial charge in [0.15, 0.2) is 0 Å². The van der Waals surface area contributed by atoms with Gasteiger partial charge in [0.1, 0.15) is 29.2 Å². The van der Waals surface area contributed by atoms with E-state index in [1.807, 2.05) is 59.5 Å². The number of likely N-dealkylation sites (tertiary alicyclic amines) is 1. The van der Waals surface area contributed by atoms with Crippen LogP contribution in [-0.4, -0.2) is 96.5 Å². The van der Waals surface area contributed by atoms with Gasteiger partial charge in [-0.05, 0) is 69.4 Å². The molecule has 14 heteroatoms. The molecule has 2 N–H and O–H groups in total. The second kappa shape index (κ2) is 16.9. The first kappa shape index (κ1) is 40.1. The SMILES string of the molecule is COc1ccc2c(O[C@@H]3C[C@H]4C(=O)N[C@]5(C(=O)NS(=O)(=O)C6CC6)C[C@@H]5CCCCCCC[C@H](CC(=O)N5CCCCC5)C(=O)N4C3)cc(-c3ccccc3)nc2c1. The highest BCUT2D eigenvalue weighted by Crippen LogP contribution is 2.48. The number of hydrogen-bond acceptors (Lipinski definition) is 9. The Bertz CT molecular complexity index is 2140. The molecule has 4 amide bonds. The Balaban J connectivity index is 1.12. The fourth-order valence-electron chi connectivity index (χ4n) is 9.21. The topological polar surface area (TPSA) is 164 Å². The Morgan fingerprint density at radius 2 is 1.64 bits per heavy atom. The highest BCUT2D eigenvalue weighted by Gasteiger charge is 2.62. The summed E-state index contributed by atoms with van der Waals surface area (Å²) in [7, 11) is -2.26. The van der Waals surface area contributed by atoms with Gasteiger partial charge in [-0.15, -0.1) is 0 Å². The lowest BCUT2D eigenvalue weighted by Crippen LogP contribution is -2.57. The van der Waals surface area contributed by atoms with Gasteiger partial charge >= 0.3 is 0 Å². The maximum atomic E-state index is 14.9. The van der Waals surface area contributed by atoms with E-state index in [-0.39, 0.29) is 37.1 Å². The van der Waals surface area contributed by atoms with Crippen LogP contribution >= 0.6 is 0 Å². The number of sulfonamides is 1. The molecule has 1 aromatic heterocycles. The maximum Gasteiger partial charge on any atom is 0.259 e. The van der Waals surface area contributed by atoms with Gasteiger partial charge in [0.25, 0.3) is 5.91 Å². The number of aromatic nitrogens is 1. The average molecular weight is 814 g/mol. The van der Waals surface area contributed by atoms with Crippen LogP contribution in [0.15, 0.2) is 54.6 Å². The summed E-state index contributed by atoms with van der Waals surface area (Å²) < 4.78 is 40.5. The quantitative estimate of drug-likeness (QED) is 0.284. The molecule has 0 unspecified atom stereocenters. The molecule has 3 aromatic rings. The van der Waals surface area contributed by atoms with E-state index in [4.69, 9.17) is 14.5 Å². The molecule has 3 saturated heterocycles. The van der Waals surface area contributed by atoms with E-state index in [0.717, 1.165) is 62.3 Å². The summed E-state index contributed by atoms with van der Waals surface area (Å²) in [5.74, 6) is -1.22. The van der Waals surface area contributed by atoms with Crippen molar-refractivity contribution in [3.8, 4) is 22.8 Å². The van der Waals surface area contributed by atoms with E-state index in [1.165, 1.54) is 0 Å². The molecule has 3 aliphatic heterocycles. The minimum absolute atomic E-state index is 0.0376. The molecule has 0 spiro atoms. The third kappa shape index (κ3) is 8.67. The number of pyridine rings is 1. The number of ether oxygens (including phenoxy) is 2. The van der Waals surface area contributed by atoms with Gasteiger partial charge in [0.05, 0.1) is 30.1 Å². The van der Waals surface area contributed by atoms with E-state index in [1.54, 1.807) is 12.0 Å². The van der Waals surface area contributed by atoms with Crippen LogP contribution in [0.2, 0.25) is 0 Å². The lowest BCUT2D eigenvalue weighted by molar-refractivity contribution is -0.145. The second-order valence-corrected chi connectivity index (χ2v) is 18.9. The monoisotopic (exact) mass is 813 g/mol. The van der Waals surface area contributed by atoms with Gasteiger partial charge in [-0.1, -0.05) is 62.4 Å². The Hall–Kier alpha value is -4.72. The zero-order chi connectivity index (χ0) is 40.4. The number of nitrogens with zero attached hydrogens (tertiary/aromatic N) is 3. The highest BCUT2D eigenvalue weighted by molar-refractivity contribution is 7.91. The van der Waals surface area contributed by atoms with Crippen molar-refractivity contribution in [2.75, 3.05) is 26.7 Å². The fourth-order valence-corrected chi connectivity index (χ4v) is 10.6. The van der Waals surface area contributed by atoms with Crippen molar-refractivity contribution >= 4 is 44.6 Å². The van der Waals surface area contributed by atoms with Crippen LogP contribution in [0.3, 0.4) is 0 Å². The first-order valence-corrected chi connectivity index (χ1v) is 22.8. The number of hydrogen-bond donors (Lipinski definition) is 2. The molecule has 58 heavy (non-hydrogen) atoms. The summed E-state index contributed by atoms with van der Waals surface area (Å²) >= 11 is 0. The molecular formula is C44H55N5O8S. The van der Waals surface area contributed by atoms with Crippen molar-refractivity contribution in [2.24, 2.45) is 11.8 Å². The van der Waals surface area contributed by atoms with Crippen molar-refractivity contribution < 1.29 is 37.1 Å². The highest BCUT2D eigenvalue weighted by atomic mass is 32.2. The van der Waals surface area contributed by atoms with E-state index in [9.17, 15) is 27.6 Å². The van der Waals surface area contributed by atoms with Gasteiger partial charge in [0.2, 0.25) is 27.7 Å². The number of nitrogens with one attached hydrogen (secondary N) is 2. The third-order valence-corrected chi connectivity index (χ3v) is 14.6. The van der Waals surface area contributed by atoms with E-state index < -0.39 is 50.7 Å². The molecule has 5 aliphatic rings. The second-order valence-electron chi connectivity index (χ2n) is 17.0. The van der Waals surface area contributed by atoms with Crippen LogP contribution in [0.4, 0.5) is 0 Å². The van der Waals surface area contributed by atoms with Crippen molar-refractivity contribution in [3.05, 3.63) is 54.6 Å². The van der Waals surface area contributed by atoms with E-state index >= 15 is 0 Å². The molecule has 2 aromatic carbocycles. The standard InChI is InChI=1S/C44H55N5O8S/c1-56-32-17-20-35-37(24-32)45-36(29-13-8-5-9-14-29)26-39(35)57-33-25-38-41(51)46-44(43(53)47-58(54,55)34-18-19-34)27-31(44)16-10-4-2-3-7-15-30(42(52)49(38)28-33)23-40(50)48-21-11-6-12-22-48/h5,8-9,13-14,17,20,24,26,30-31,33-34,38H,2-4,6-7,10-12,15-16,18-19,21-23,25,27-28H2,1H3,(H,46,51)(H,47,53)/t30-,31+,33-,38+,44-/m1/s1. The first-order chi connectivity index (χ1) is 28.0. The predicted octanol–water partition coefficient (Wildman–Crippen LogP) is 5.51. The summed E-state index contributed by atoms with van der Waals surface area (Å²) in [6.07, 6.45) is 9.44. The number of benzene rings is 2. The van der Waals surface area contributed by atoms with Crippen molar-refractivity contribution in [1.82, 2.24) is 24.8 Å². The van der Waals surface area contributed by atoms with Gasteiger partial charge in [0, 0.05) is 54.9 Å². The fraction of sp³-hybridized carbons (Fsp3) is 0.568. The zero-order valence-electron chi connectivity index (χ0n) is 33.3. The molecular weight excluding hydrogens is 759 g/mol. The van der Waals surface area contributed by atoms with Crippen molar-refractivity contribution in [1.29, 1.82) is 0 Å². The van der Waals surface area contributed by atoms with Crippen LogP contribution in [-0.2, 0) is 29.2 Å². The van der Waals surface area contributed by atoms with Gasteiger partial charge in [-0.3, -0.25) is 23.9 Å². The van der Waals surface area contributed by atoms with E-state index in [2.05, 4.69) is 10.0 Å². The molecule has 0 radical (unpaired) electrons. The molecule has 2 aliphatic carbocycles. The van der Waals surface area contributed by atoms with Crippen molar-refractivity contribution in [3.63, 3.8) is 0 Å². The summed E-state index contributed by atoms with van der Waals surface area (Å²) in [6.45, 7) is 1.45. The summed E-state index contributed by atoms with van der Waals surface area (Å²) in [6, 6.07) is 16.1. The molecule has 8 rings (SSSR count). The maximum absolute atomic E-state index is 14.9. The minimum atomic E-state index is -3.86. The summed E-state index contributed by atoms with van der Waals surface area (Å²) in [5, 5.41) is 3.15. The van der Waals surface area contributed by atoms with Crippen LogP contribution < -0.4 is 19.5 Å². The van der Waals surface area contributed by atoms with Crippen LogP contribution in [0, 0.1) is 11.8 Å². The molecule has 5 fully saturated rings. The lowest BCUT2D eigenvalue weighted by atomic mass is 9.94. The average Bonchev–Trinajstić information content (AvgIpc) is 4.16. The summed E-state index contributed by atoms with van der Waals surface area (Å²) in [5.41, 5.74) is 0.838. The number of piperidine rings is 1.